The summed E-state index contributed by atoms with van der Waals surface area (Å²) in [6.07, 6.45) is 8.97. The standard InChI is InChI=1S/C13H24N2OS/c1-2-11(12(14)17)15-13(16)10-8-6-4-3-5-7-9-10/h10-11H,2-9H2,1H3,(H2,14,17)(H,15,16). The SMILES string of the molecule is CCC(NC(=O)C1CCCCCCC1)C(N)=S. The molecule has 1 fully saturated rings. The molecule has 1 aliphatic carbocycles. The smallest absolute Gasteiger partial charge is 0.223 e. The number of nitrogens with one attached hydrogen (secondary N) is 1. The van der Waals surface area contributed by atoms with E-state index in [4.69, 9.17) is 18.0 Å². The van der Waals surface area contributed by atoms with Gasteiger partial charge >= 0.3 is 0 Å². The highest BCUT2D eigenvalue weighted by Crippen LogP contribution is 2.22. The average Bonchev–Trinajstić information content (AvgIpc) is 2.24. The minimum atomic E-state index is -0.136. The second kappa shape index (κ2) is 7.64. The van der Waals surface area contributed by atoms with Gasteiger partial charge < -0.3 is 11.1 Å². The molecule has 0 aromatic carbocycles. The van der Waals surface area contributed by atoms with E-state index in [2.05, 4.69) is 5.32 Å². The molecule has 17 heavy (non-hydrogen) atoms. The molecule has 4 heteroatoms. The van der Waals surface area contributed by atoms with Crippen LogP contribution < -0.4 is 11.1 Å². The summed E-state index contributed by atoms with van der Waals surface area (Å²) in [5.74, 6) is 0.310. The van der Waals surface area contributed by atoms with Gasteiger partial charge in [0.2, 0.25) is 5.91 Å². The number of carbonyl (C=O) groups is 1. The van der Waals surface area contributed by atoms with Crippen LogP contribution in [0.4, 0.5) is 0 Å². The fourth-order valence-corrected chi connectivity index (χ4v) is 2.61. The predicted octanol–water partition coefficient (Wildman–Crippen LogP) is 2.53. The van der Waals surface area contributed by atoms with E-state index in [0.717, 1.165) is 19.3 Å². The van der Waals surface area contributed by atoms with Gasteiger partial charge in [0.25, 0.3) is 0 Å². The summed E-state index contributed by atoms with van der Waals surface area (Å²) in [4.78, 5) is 12.5. The van der Waals surface area contributed by atoms with Gasteiger partial charge in [-0.25, -0.2) is 0 Å². The van der Waals surface area contributed by atoms with E-state index < -0.39 is 0 Å². The molecule has 1 saturated carbocycles. The summed E-state index contributed by atoms with van der Waals surface area (Å²) in [5, 5.41) is 2.98. The molecule has 1 rings (SSSR count). The van der Waals surface area contributed by atoms with Crippen molar-refractivity contribution >= 4 is 23.1 Å². The number of hydrogen-bond acceptors (Lipinski definition) is 2. The Morgan fingerprint density at radius 1 is 1.29 bits per heavy atom. The molecule has 1 atom stereocenters. The quantitative estimate of drug-likeness (QED) is 0.760. The summed E-state index contributed by atoms with van der Waals surface area (Å²) < 4.78 is 0. The van der Waals surface area contributed by atoms with E-state index in [-0.39, 0.29) is 17.9 Å². The molecule has 0 aromatic heterocycles. The van der Waals surface area contributed by atoms with Gasteiger partial charge in [-0.2, -0.15) is 0 Å². The molecule has 0 saturated heterocycles. The van der Waals surface area contributed by atoms with Gasteiger partial charge in [0.1, 0.15) is 0 Å². The van der Waals surface area contributed by atoms with Gasteiger partial charge in [0.15, 0.2) is 0 Å². The lowest BCUT2D eigenvalue weighted by molar-refractivity contribution is -0.125. The van der Waals surface area contributed by atoms with Crippen LogP contribution in [0.2, 0.25) is 0 Å². The minimum Gasteiger partial charge on any atom is -0.392 e. The van der Waals surface area contributed by atoms with Crippen LogP contribution in [0.5, 0.6) is 0 Å². The molecule has 0 radical (unpaired) electrons. The first kappa shape index (κ1) is 14.4. The van der Waals surface area contributed by atoms with Crippen molar-refractivity contribution in [3.05, 3.63) is 0 Å². The molecule has 3 nitrogen and oxygen atoms in total. The van der Waals surface area contributed by atoms with E-state index in [1.807, 2.05) is 6.92 Å². The number of hydrogen-bond donors (Lipinski definition) is 2. The fraction of sp³-hybridized carbons (Fsp3) is 0.846. The molecule has 0 aliphatic heterocycles. The van der Waals surface area contributed by atoms with E-state index in [1.54, 1.807) is 0 Å². The Morgan fingerprint density at radius 2 is 1.82 bits per heavy atom. The van der Waals surface area contributed by atoms with Crippen LogP contribution in [0, 0.1) is 5.92 Å². The molecule has 0 heterocycles. The summed E-state index contributed by atoms with van der Waals surface area (Å²) >= 11 is 4.95. The number of carbonyl (C=O) groups excluding carboxylic acids is 1. The lowest BCUT2D eigenvalue weighted by Crippen LogP contribution is -2.45. The molecule has 98 valence electrons. The molecular weight excluding hydrogens is 232 g/mol. The van der Waals surface area contributed by atoms with Crippen molar-refractivity contribution in [3.63, 3.8) is 0 Å². The van der Waals surface area contributed by atoms with E-state index in [1.165, 1.54) is 32.1 Å². The van der Waals surface area contributed by atoms with Crippen LogP contribution in [-0.4, -0.2) is 16.9 Å². The Kier molecular flexibility index (Phi) is 6.48. The second-order valence-electron chi connectivity index (χ2n) is 4.91. The van der Waals surface area contributed by atoms with Gasteiger partial charge in [-0.15, -0.1) is 0 Å². The highest BCUT2D eigenvalue weighted by atomic mass is 32.1. The molecule has 1 amide bonds. The van der Waals surface area contributed by atoms with Crippen molar-refractivity contribution in [2.75, 3.05) is 0 Å². The Morgan fingerprint density at radius 3 is 2.29 bits per heavy atom. The summed E-state index contributed by atoms with van der Waals surface area (Å²) in [6.45, 7) is 1.99. The third kappa shape index (κ3) is 5.02. The third-order valence-electron chi connectivity index (χ3n) is 3.54. The maximum absolute atomic E-state index is 12.1. The first-order valence-corrected chi connectivity index (χ1v) is 7.15. The third-order valence-corrected chi connectivity index (χ3v) is 3.83. The molecular formula is C13H24N2OS. The Bertz CT molecular complexity index is 260. The predicted molar refractivity (Wildman–Crippen MR) is 74.8 cm³/mol. The number of thiocarbonyl (C=S) groups is 1. The van der Waals surface area contributed by atoms with E-state index in [9.17, 15) is 4.79 Å². The van der Waals surface area contributed by atoms with Gasteiger partial charge in [-0.1, -0.05) is 51.2 Å². The zero-order valence-electron chi connectivity index (χ0n) is 10.7. The molecule has 0 spiro atoms. The van der Waals surface area contributed by atoms with Crippen LogP contribution in [-0.2, 0) is 4.79 Å². The molecule has 0 aromatic rings. The monoisotopic (exact) mass is 256 g/mol. The van der Waals surface area contributed by atoms with Gasteiger partial charge in [-0.05, 0) is 19.3 Å². The van der Waals surface area contributed by atoms with Gasteiger partial charge in [0.05, 0.1) is 11.0 Å². The maximum atomic E-state index is 12.1. The van der Waals surface area contributed by atoms with Crippen molar-refractivity contribution in [1.82, 2.24) is 5.32 Å². The normalized spacial score (nSPS) is 20.1. The zero-order chi connectivity index (χ0) is 12.7. The minimum absolute atomic E-state index is 0.136. The van der Waals surface area contributed by atoms with E-state index in [0.29, 0.717) is 4.99 Å². The maximum Gasteiger partial charge on any atom is 0.223 e. The largest absolute Gasteiger partial charge is 0.392 e. The van der Waals surface area contributed by atoms with Crippen LogP contribution in [0.1, 0.15) is 58.3 Å². The van der Waals surface area contributed by atoms with Crippen LogP contribution >= 0.6 is 12.2 Å². The van der Waals surface area contributed by atoms with Crippen molar-refractivity contribution in [2.24, 2.45) is 11.7 Å². The summed E-state index contributed by atoms with van der Waals surface area (Å²) in [5.41, 5.74) is 5.60. The first-order valence-electron chi connectivity index (χ1n) is 6.74. The molecule has 1 aliphatic rings. The van der Waals surface area contributed by atoms with Gasteiger partial charge in [-0.3, -0.25) is 4.79 Å². The van der Waals surface area contributed by atoms with Crippen LogP contribution in [0.15, 0.2) is 0 Å². The highest BCUT2D eigenvalue weighted by molar-refractivity contribution is 7.80. The van der Waals surface area contributed by atoms with Crippen molar-refractivity contribution in [1.29, 1.82) is 0 Å². The second-order valence-corrected chi connectivity index (χ2v) is 5.39. The zero-order valence-corrected chi connectivity index (χ0v) is 11.5. The Hall–Kier alpha value is -0.640. The van der Waals surface area contributed by atoms with Crippen LogP contribution in [0.25, 0.3) is 0 Å². The number of amides is 1. The Balaban J connectivity index is 2.46. The highest BCUT2D eigenvalue weighted by Gasteiger charge is 2.22. The molecule has 1 unspecified atom stereocenters. The average molecular weight is 256 g/mol. The van der Waals surface area contributed by atoms with E-state index >= 15 is 0 Å². The number of rotatable bonds is 4. The summed E-state index contributed by atoms with van der Waals surface area (Å²) in [7, 11) is 0. The molecule has 0 bridgehead atoms. The number of nitrogens with two attached hydrogens (primary N) is 1. The lowest BCUT2D eigenvalue weighted by Gasteiger charge is -2.22. The topological polar surface area (TPSA) is 55.1 Å². The lowest BCUT2D eigenvalue weighted by atomic mass is 9.90. The summed E-state index contributed by atoms with van der Waals surface area (Å²) in [6, 6.07) is -0.136. The first-order chi connectivity index (χ1) is 8.15. The fourth-order valence-electron chi connectivity index (χ4n) is 2.38. The van der Waals surface area contributed by atoms with Crippen LogP contribution in [0.3, 0.4) is 0 Å². The van der Waals surface area contributed by atoms with Crippen molar-refractivity contribution < 1.29 is 4.79 Å². The van der Waals surface area contributed by atoms with Crippen molar-refractivity contribution in [3.8, 4) is 0 Å². The Labute approximate surface area is 110 Å². The van der Waals surface area contributed by atoms with Gasteiger partial charge in [0, 0.05) is 5.92 Å². The molecule has 3 N–H and O–H groups in total. The van der Waals surface area contributed by atoms with Crippen molar-refractivity contribution in [2.45, 2.75) is 64.3 Å².